The molecule has 2 amide bonds. The zero-order valence-electron chi connectivity index (χ0n) is 17.9. The molecule has 160 valence electrons. The fourth-order valence-corrected chi connectivity index (χ4v) is 4.04. The summed E-state index contributed by atoms with van der Waals surface area (Å²) in [4.78, 5) is 29.3. The first kappa shape index (κ1) is 22.0. The van der Waals surface area contributed by atoms with Gasteiger partial charge in [0, 0.05) is 32.1 Å². The molecule has 7 heteroatoms. The second-order valence-electron chi connectivity index (χ2n) is 7.71. The lowest BCUT2D eigenvalue weighted by Gasteiger charge is -2.38. The molecule has 0 unspecified atom stereocenters. The van der Waals surface area contributed by atoms with Crippen LogP contribution in [0.15, 0.2) is 36.4 Å². The van der Waals surface area contributed by atoms with Crippen LogP contribution in [0.1, 0.15) is 29.8 Å². The number of nitrogens with one attached hydrogen (secondary N) is 1. The molecule has 0 spiro atoms. The van der Waals surface area contributed by atoms with Crippen molar-refractivity contribution in [1.82, 2.24) is 4.90 Å². The molecule has 0 atom stereocenters. The van der Waals surface area contributed by atoms with Gasteiger partial charge in [0.15, 0.2) is 0 Å². The SMILES string of the molecule is COc1c(C)cccc1C(=O)Nc1cccc(Cl)c1N1CCN(C(=O)C(C)C)CC1. The van der Waals surface area contributed by atoms with Crippen LogP contribution in [0.5, 0.6) is 5.75 Å². The van der Waals surface area contributed by atoms with Gasteiger partial charge in [-0.3, -0.25) is 9.59 Å². The lowest BCUT2D eigenvalue weighted by atomic mass is 10.1. The molecule has 1 N–H and O–H groups in total. The van der Waals surface area contributed by atoms with Crippen LogP contribution in [0.2, 0.25) is 5.02 Å². The van der Waals surface area contributed by atoms with Crippen LogP contribution in [-0.2, 0) is 4.79 Å². The molecular formula is C23H28ClN3O3. The summed E-state index contributed by atoms with van der Waals surface area (Å²) in [5.41, 5.74) is 2.77. The molecule has 1 saturated heterocycles. The third-order valence-electron chi connectivity index (χ3n) is 5.30. The maximum atomic E-state index is 13.0. The number of piperazine rings is 1. The summed E-state index contributed by atoms with van der Waals surface area (Å²) in [7, 11) is 1.56. The molecule has 6 nitrogen and oxygen atoms in total. The number of para-hydroxylation sites is 2. The maximum Gasteiger partial charge on any atom is 0.259 e. The van der Waals surface area contributed by atoms with Gasteiger partial charge in [-0.25, -0.2) is 0 Å². The topological polar surface area (TPSA) is 61.9 Å². The Morgan fingerprint density at radius 1 is 1.07 bits per heavy atom. The molecule has 2 aromatic rings. The normalized spacial score (nSPS) is 14.1. The number of anilines is 2. The third-order valence-corrected chi connectivity index (χ3v) is 5.60. The lowest BCUT2D eigenvalue weighted by Crippen LogP contribution is -2.50. The Morgan fingerprint density at radius 2 is 1.73 bits per heavy atom. The minimum Gasteiger partial charge on any atom is -0.496 e. The van der Waals surface area contributed by atoms with Crippen molar-refractivity contribution in [3.05, 3.63) is 52.5 Å². The van der Waals surface area contributed by atoms with E-state index in [-0.39, 0.29) is 17.7 Å². The van der Waals surface area contributed by atoms with Gasteiger partial charge in [-0.1, -0.05) is 43.6 Å². The fraction of sp³-hybridized carbons (Fsp3) is 0.391. The van der Waals surface area contributed by atoms with Crippen molar-refractivity contribution in [3.8, 4) is 5.75 Å². The van der Waals surface area contributed by atoms with Gasteiger partial charge in [-0.15, -0.1) is 0 Å². The summed E-state index contributed by atoms with van der Waals surface area (Å²) in [5, 5.41) is 3.56. The van der Waals surface area contributed by atoms with Crippen molar-refractivity contribution >= 4 is 34.8 Å². The second kappa shape index (κ2) is 9.39. The standard InChI is InChI=1S/C23H28ClN3O3/c1-15(2)23(29)27-13-11-26(12-14-27)20-18(24)9-6-10-19(20)25-22(28)17-8-5-7-16(3)21(17)30-4/h5-10,15H,11-14H2,1-4H3,(H,25,28). The van der Waals surface area contributed by atoms with Gasteiger partial charge < -0.3 is 19.9 Å². The molecule has 1 heterocycles. The summed E-state index contributed by atoms with van der Waals surface area (Å²) in [6.45, 7) is 8.28. The molecule has 0 saturated carbocycles. The van der Waals surface area contributed by atoms with Crippen LogP contribution in [0.4, 0.5) is 11.4 Å². The van der Waals surface area contributed by atoms with Gasteiger partial charge in [0.1, 0.15) is 5.75 Å². The first-order valence-corrected chi connectivity index (χ1v) is 10.5. The highest BCUT2D eigenvalue weighted by Crippen LogP contribution is 2.35. The summed E-state index contributed by atoms with van der Waals surface area (Å²) in [6, 6.07) is 10.9. The number of rotatable bonds is 5. The highest BCUT2D eigenvalue weighted by atomic mass is 35.5. The average molecular weight is 430 g/mol. The first-order chi connectivity index (χ1) is 14.3. The Morgan fingerprint density at radius 3 is 2.37 bits per heavy atom. The number of carbonyl (C=O) groups excluding carboxylic acids is 2. The third kappa shape index (κ3) is 4.54. The molecule has 30 heavy (non-hydrogen) atoms. The summed E-state index contributed by atoms with van der Waals surface area (Å²) in [5.74, 6) is 0.442. The van der Waals surface area contributed by atoms with E-state index in [1.165, 1.54) is 0 Å². The Kier molecular flexibility index (Phi) is 6.87. The average Bonchev–Trinajstić information content (AvgIpc) is 2.73. The number of nitrogens with zero attached hydrogens (tertiary/aromatic N) is 2. The molecule has 0 aliphatic carbocycles. The zero-order chi connectivity index (χ0) is 21.8. The van der Waals surface area contributed by atoms with Crippen molar-refractivity contribution in [2.24, 2.45) is 5.92 Å². The molecule has 0 aromatic heterocycles. The Bertz CT molecular complexity index is 937. The van der Waals surface area contributed by atoms with E-state index in [4.69, 9.17) is 16.3 Å². The molecule has 1 fully saturated rings. The van der Waals surface area contributed by atoms with Gasteiger partial charge in [-0.2, -0.15) is 0 Å². The van der Waals surface area contributed by atoms with Gasteiger partial charge in [0.05, 0.1) is 29.1 Å². The van der Waals surface area contributed by atoms with E-state index >= 15 is 0 Å². The second-order valence-corrected chi connectivity index (χ2v) is 8.12. The highest BCUT2D eigenvalue weighted by Gasteiger charge is 2.26. The maximum absolute atomic E-state index is 13.0. The Balaban J connectivity index is 1.82. The Hall–Kier alpha value is -2.73. The summed E-state index contributed by atoms with van der Waals surface area (Å²) >= 11 is 6.53. The van der Waals surface area contributed by atoms with E-state index in [1.54, 1.807) is 13.2 Å². The molecular weight excluding hydrogens is 402 g/mol. The molecule has 1 aliphatic rings. The number of methoxy groups -OCH3 is 1. The number of carbonyl (C=O) groups is 2. The van der Waals surface area contributed by atoms with E-state index in [9.17, 15) is 9.59 Å². The zero-order valence-corrected chi connectivity index (χ0v) is 18.6. The number of hydrogen-bond acceptors (Lipinski definition) is 4. The monoisotopic (exact) mass is 429 g/mol. The number of amides is 2. The minimum atomic E-state index is -0.257. The highest BCUT2D eigenvalue weighted by molar-refractivity contribution is 6.34. The van der Waals surface area contributed by atoms with Crippen LogP contribution in [0.3, 0.4) is 0 Å². The largest absolute Gasteiger partial charge is 0.496 e. The van der Waals surface area contributed by atoms with Crippen molar-refractivity contribution in [2.45, 2.75) is 20.8 Å². The van der Waals surface area contributed by atoms with Gasteiger partial charge in [0.2, 0.25) is 5.91 Å². The van der Waals surface area contributed by atoms with Gasteiger partial charge in [-0.05, 0) is 30.7 Å². The number of benzene rings is 2. The van der Waals surface area contributed by atoms with Gasteiger partial charge in [0.25, 0.3) is 5.91 Å². The van der Waals surface area contributed by atoms with Crippen molar-refractivity contribution in [2.75, 3.05) is 43.5 Å². The number of aryl methyl sites for hydroxylation is 1. The van der Waals surface area contributed by atoms with E-state index in [1.807, 2.05) is 56.0 Å². The van der Waals surface area contributed by atoms with Crippen LogP contribution >= 0.6 is 11.6 Å². The van der Waals surface area contributed by atoms with Crippen molar-refractivity contribution < 1.29 is 14.3 Å². The smallest absolute Gasteiger partial charge is 0.259 e. The lowest BCUT2D eigenvalue weighted by molar-refractivity contribution is -0.134. The van der Waals surface area contributed by atoms with E-state index in [0.29, 0.717) is 48.2 Å². The van der Waals surface area contributed by atoms with Crippen LogP contribution in [0, 0.1) is 12.8 Å². The Labute approximate surface area is 182 Å². The van der Waals surface area contributed by atoms with Crippen molar-refractivity contribution in [1.29, 1.82) is 0 Å². The van der Waals surface area contributed by atoms with E-state index < -0.39 is 0 Å². The number of halogens is 1. The van der Waals surface area contributed by atoms with Crippen LogP contribution < -0.4 is 15.0 Å². The van der Waals surface area contributed by atoms with E-state index in [2.05, 4.69) is 10.2 Å². The molecule has 2 aromatic carbocycles. The van der Waals surface area contributed by atoms with E-state index in [0.717, 1.165) is 11.3 Å². The first-order valence-electron chi connectivity index (χ1n) is 10.1. The molecule has 0 bridgehead atoms. The quantitative estimate of drug-likeness (QED) is 0.773. The minimum absolute atomic E-state index is 0.0176. The predicted octanol–water partition coefficient (Wildman–Crippen LogP) is 4.21. The molecule has 1 aliphatic heterocycles. The van der Waals surface area contributed by atoms with Crippen LogP contribution in [0.25, 0.3) is 0 Å². The summed E-state index contributed by atoms with van der Waals surface area (Å²) in [6.07, 6.45) is 0. The van der Waals surface area contributed by atoms with Crippen molar-refractivity contribution in [3.63, 3.8) is 0 Å². The number of hydrogen-bond donors (Lipinski definition) is 1. The summed E-state index contributed by atoms with van der Waals surface area (Å²) < 4.78 is 5.42. The molecule has 0 radical (unpaired) electrons. The van der Waals surface area contributed by atoms with Crippen LogP contribution in [-0.4, -0.2) is 50.0 Å². The predicted molar refractivity (Wildman–Crippen MR) is 121 cm³/mol. The fourth-order valence-electron chi connectivity index (χ4n) is 3.75. The van der Waals surface area contributed by atoms with Gasteiger partial charge >= 0.3 is 0 Å². The molecule has 3 rings (SSSR count). The number of ether oxygens (including phenoxy) is 1.